The van der Waals surface area contributed by atoms with Crippen LogP contribution in [-0.4, -0.2) is 39.6 Å². The van der Waals surface area contributed by atoms with Crippen LogP contribution in [0.25, 0.3) is 0 Å². The minimum atomic E-state index is -4.02. The van der Waals surface area contributed by atoms with E-state index in [4.69, 9.17) is 9.47 Å². The highest BCUT2D eigenvalue weighted by molar-refractivity contribution is 7.89. The van der Waals surface area contributed by atoms with Gasteiger partial charge >= 0.3 is 0 Å². The molecule has 0 bridgehead atoms. The quantitative estimate of drug-likeness (QED) is 0.486. The Morgan fingerprint density at radius 1 is 0.969 bits per heavy atom. The fourth-order valence-corrected chi connectivity index (χ4v) is 4.30. The lowest BCUT2D eigenvalue weighted by Crippen LogP contribution is -2.47. The summed E-state index contributed by atoms with van der Waals surface area (Å²) in [5.41, 5.74) is 1.63. The van der Waals surface area contributed by atoms with Gasteiger partial charge in [0, 0.05) is 25.0 Å². The first-order valence-corrected chi connectivity index (χ1v) is 11.4. The first-order chi connectivity index (χ1) is 15.4. The number of benzene rings is 2. The number of methoxy groups -OCH3 is 2. The van der Waals surface area contributed by atoms with E-state index in [-0.39, 0.29) is 23.6 Å². The van der Waals surface area contributed by atoms with E-state index in [1.54, 1.807) is 18.5 Å². The topological polar surface area (TPSA) is 107 Å². The second-order valence-electron chi connectivity index (χ2n) is 6.96. The molecule has 32 heavy (non-hydrogen) atoms. The molecule has 0 radical (unpaired) electrons. The normalized spacial score (nSPS) is 12.1. The highest BCUT2D eigenvalue weighted by Crippen LogP contribution is 2.29. The summed E-state index contributed by atoms with van der Waals surface area (Å²) in [7, 11) is -1.14. The van der Waals surface area contributed by atoms with Crippen molar-refractivity contribution >= 4 is 15.9 Å². The lowest BCUT2D eigenvalue weighted by atomic mass is 10.1. The Bertz CT molecular complexity index is 1140. The van der Waals surface area contributed by atoms with Gasteiger partial charge in [-0.25, -0.2) is 8.42 Å². The van der Waals surface area contributed by atoms with Crippen molar-refractivity contribution in [3.8, 4) is 11.5 Å². The van der Waals surface area contributed by atoms with Gasteiger partial charge in [0.25, 0.3) is 0 Å². The third kappa shape index (κ3) is 6.05. The van der Waals surface area contributed by atoms with Crippen molar-refractivity contribution in [2.75, 3.05) is 14.2 Å². The summed E-state index contributed by atoms with van der Waals surface area (Å²) in [4.78, 5) is 16.9. The van der Waals surface area contributed by atoms with Crippen LogP contribution < -0.4 is 19.5 Å². The Labute approximate surface area is 187 Å². The highest BCUT2D eigenvalue weighted by atomic mass is 32.2. The van der Waals surface area contributed by atoms with Crippen molar-refractivity contribution in [3.63, 3.8) is 0 Å². The molecule has 1 aromatic heterocycles. The third-order valence-corrected chi connectivity index (χ3v) is 6.22. The third-order valence-electron chi connectivity index (χ3n) is 4.75. The van der Waals surface area contributed by atoms with Crippen LogP contribution in [0, 0.1) is 0 Å². The molecule has 0 aliphatic carbocycles. The maximum atomic E-state index is 13.1. The summed E-state index contributed by atoms with van der Waals surface area (Å²) in [6.45, 7) is 0.232. The number of rotatable bonds is 10. The molecule has 0 spiro atoms. The smallest absolute Gasteiger partial charge is 0.241 e. The van der Waals surface area contributed by atoms with Crippen LogP contribution in [-0.2, 0) is 27.8 Å². The number of aromatic nitrogens is 1. The Morgan fingerprint density at radius 2 is 1.69 bits per heavy atom. The molecule has 0 aliphatic heterocycles. The number of nitrogens with one attached hydrogen (secondary N) is 2. The number of hydrogen-bond acceptors (Lipinski definition) is 6. The summed E-state index contributed by atoms with van der Waals surface area (Å²) in [5, 5.41) is 2.78. The van der Waals surface area contributed by atoms with Gasteiger partial charge in [-0.2, -0.15) is 4.72 Å². The van der Waals surface area contributed by atoms with E-state index in [2.05, 4.69) is 15.0 Å². The van der Waals surface area contributed by atoms with E-state index in [1.807, 2.05) is 36.4 Å². The number of amides is 1. The van der Waals surface area contributed by atoms with Gasteiger partial charge in [0.05, 0.1) is 19.1 Å². The summed E-state index contributed by atoms with van der Waals surface area (Å²) >= 11 is 0. The van der Waals surface area contributed by atoms with Crippen molar-refractivity contribution in [2.45, 2.75) is 23.9 Å². The molecule has 0 unspecified atom stereocenters. The minimum absolute atomic E-state index is 0.0340. The number of sulfonamides is 1. The van der Waals surface area contributed by atoms with Crippen molar-refractivity contribution in [3.05, 3.63) is 84.2 Å². The molecule has 8 nitrogen and oxygen atoms in total. The van der Waals surface area contributed by atoms with E-state index >= 15 is 0 Å². The molecule has 1 heterocycles. The predicted molar refractivity (Wildman–Crippen MR) is 120 cm³/mol. The molecule has 0 saturated carbocycles. The van der Waals surface area contributed by atoms with E-state index in [0.717, 1.165) is 11.1 Å². The van der Waals surface area contributed by atoms with Crippen LogP contribution in [0.15, 0.2) is 78.0 Å². The maximum absolute atomic E-state index is 13.1. The monoisotopic (exact) mass is 455 g/mol. The van der Waals surface area contributed by atoms with Crippen molar-refractivity contribution in [1.29, 1.82) is 0 Å². The molecule has 2 aromatic carbocycles. The molecular formula is C23H25N3O5S. The molecule has 2 N–H and O–H groups in total. The first-order valence-electron chi connectivity index (χ1n) is 9.88. The zero-order chi connectivity index (χ0) is 23.0. The molecule has 0 aliphatic rings. The van der Waals surface area contributed by atoms with Crippen molar-refractivity contribution in [2.24, 2.45) is 0 Å². The average molecular weight is 456 g/mol. The zero-order valence-electron chi connectivity index (χ0n) is 17.8. The Morgan fingerprint density at radius 3 is 2.34 bits per heavy atom. The van der Waals surface area contributed by atoms with Gasteiger partial charge < -0.3 is 14.8 Å². The van der Waals surface area contributed by atoms with E-state index in [1.165, 1.54) is 32.4 Å². The fraction of sp³-hybridized carbons (Fsp3) is 0.217. The molecule has 9 heteroatoms. The van der Waals surface area contributed by atoms with Crippen LogP contribution in [0.5, 0.6) is 11.5 Å². The summed E-state index contributed by atoms with van der Waals surface area (Å²) in [5.74, 6) is 0.235. The van der Waals surface area contributed by atoms with Gasteiger partial charge in [0.15, 0.2) is 11.5 Å². The number of ether oxygens (including phenoxy) is 2. The summed E-state index contributed by atoms with van der Waals surface area (Å²) in [6.07, 6.45) is 3.47. The number of nitrogens with zero attached hydrogens (tertiary/aromatic N) is 1. The van der Waals surface area contributed by atoms with E-state index in [0.29, 0.717) is 5.75 Å². The van der Waals surface area contributed by atoms with Crippen LogP contribution in [0.1, 0.15) is 11.1 Å². The van der Waals surface area contributed by atoms with Crippen LogP contribution in [0.4, 0.5) is 0 Å². The fourth-order valence-electron chi connectivity index (χ4n) is 3.09. The SMILES string of the molecule is COc1ccc(S(=O)(=O)N[C@@H](Cc2ccccc2)C(=O)NCc2cccnc2)cc1OC. The zero-order valence-corrected chi connectivity index (χ0v) is 18.6. The van der Waals surface area contributed by atoms with Gasteiger partial charge in [-0.15, -0.1) is 0 Å². The van der Waals surface area contributed by atoms with Gasteiger partial charge in [-0.1, -0.05) is 36.4 Å². The number of carbonyl (C=O) groups is 1. The van der Waals surface area contributed by atoms with Crippen molar-refractivity contribution < 1.29 is 22.7 Å². The Hall–Kier alpha value is -3.43. The molecule has 168 valence electrons. The molecule has 1 amide bonds. The molecule has 3 aromatic rings. The lowest BCUT2D eigenvalue weighted by molar-refractivity contribution is -0.122. The number of pyridine rings is 1. The molecule has 3 rings (SSSR count). The van der Waals surface area contributed by atoms with Crippen LogP contribution in [0.3, 0.4) is 0 Å². The molecule has 0 fully saturated rings. The van der Waals surface area contributed by atoms with Gasteiger partial charge in [-0.3, -0.25) is 9.78 Å². The van der Waals surface area contributed by atoms with Crippen LogP contribution in [0.2, 0.25) is 0 Å². The largest absolute Gasteiger partial charge is 0.493 e. The van der Waals surface area contributed by atoms with Gasteiger partial charge in [0.2, 0.25) is 15.9 Å². The molecular weight excluding hydrogens is 430 g/mol. The van der Waals surface area contributed by atoms with Gasteiger partial charge in [0.1, 0.15) is 6.04 Å². The summed E-state index contributed by atoms with van der Waals surface area (Å²) in [6, 6.07) is 16.0. The Kier molecular flexibility index (Phi) is 7.80. The van der Waals surface area contributed by atoms with E-state index in [9.17, 15) is 13.2 Å². The van der Waals surface area contributed by atoms with E-state index < -0.39 is 22.0 Å². The second-order valence-corrected chi connectivity index (χ2v) is 8.67. The Balaban J connectivity index is 1.83. The van der Waals surface area contributed by atoms with Crippen molar-refractivity contribution in [1.82, 2.24) is 15.0 Å². The first kappa shape index (κ1) is 23.2. The number of hydrogen-bond donors (Lipinski definition) is 2. The maximum Gasteiger partial charge on any atom is 0.241 e. The lowest BCUT2D eigenvalue weighted by Gasteiger charge is -2.19. The minimum Gasteiger partial charge on any atom is -0.493 e. The summed E-state index contributed by atoms with van der Waals surface area (Å²) < 4.78 is 39.1. The second kappa shape index (κ2) is 10.7. The van der Waals surface area contributed by atoms with Gasteiger partial charge in [-0.05, 0) is 35.7 Å². The molecule has 1 atom stereocenters. The molecule has 0 saturated heterocycles. The highest BCUT2D eigenvalue weighted by Gasteiger charge is 2.27. The predicted octanol–water partition coefficient (Wildman–Crippen LogP) is 2.30. The average Bonchev–Trinajstić information content (AvgIpc) is 2.82. The van der Waals surface area contributed by atoms with Crippen LogP contribution >= 0.6 is 0 Å². The standard InChI is InChI=1S/C23H25N3O5S/c1-30-21-11-10-19(14-22(21)31-2)32(28,29)26-20(13-17-7-4-3-5-8-17)23(27)25-16-18-9-6-12-24-15-18/h3-12,14-15,20,26H,13,16H2,1-2H3,(H,25,27)/t20-/m0/s1. The number of carbonyl (C=O) groups excluding carboxylic acids is 1.